The maximum atomic E-state index is 8.51. The lowest BCUT2D eigenvalue weighted by Crippen LogP contribution is -2.40. The lowest BCUT2D eigenvalue weighted by atomic mass is 10.3. The molecule has 0 radical (unpaired) electrons. The SMILES string of the molecule is CC(C(N)=NO)N(C)Cc1nnn(C)n1. The second kappa shape index (κ2) is 4.69. The summed E-state index contributed by atoms with van der Waals surface area (Å²) in [6.07, 6.45) is 0. The Kier molecular flexibility index (Phi) is 3.56. The Balaban J connectivity index is 2.59. The van der Waals surface area contributed by atoms with Crippen molar-refractivity contribution >= 4 is 5.84 Å². The minimum Gasteiger partial charge on any atom is -0.409 e. The summed E-state index contributed by atoms with van der Waals surface area (Å²) >= 11 is 0. The van der Waals surface area contributed by atoms with E-state index in [4.69, 9.17) is 10.9 Å². The van der Waals surface area contributed by atoms with Gasteiger partial charge in [0.25, 0.3) is 0 Å². The van der Waals surface area contributed by atoms with E-state index >= 15 is 0 Å². The fourth-order valence-electron chi connectivity index (χ4n) is 1.06. The topological polar surface area (TPSA) is 105 Å². The first-order valence-electron chi connectivity index (χ1n) is 4.45. The maximum absolute atomic E-state index is 8.51. The molecule has 0 aromatic carbocycles. The molecule has 0 saturated heterocycles. The molecule has 0 saturated carbocycles. The average molecular weight is 213 g/mol. The standard InChI is InChI=1S/C7H15N7O/c1-5(7(8)11-15)13(2)4-6-9-12-14(3)10-6/h5,15H,4H2,1-3H3,(H2,8,11). The molecule has 0 aliphatic rings. The third kappa shape index (κ3) is 2.88. The van der Waals surface area contributed by atoms with Gasteiger partial charge < -0.3 is 10.9 Å². The van der Waals surface area contributed by atoms with E-state index in [1.165, 1.54) is 4.80 Å². The van der Waals surface area contributed by atoms with Crippen molar-refractivity contribution in [1.82, 2.24) is 25.1 Å². The molecule has 84 valence electrons. The molecule has 0 aliphatic carbocycles. The first-order chi connectivity index (χ1) is 7.04. The number of rotatable bonds is 4. The van der Waals surface area contributed by atoms with Crippen LogP contribution in [0.5, 0.6) is 0 Å². The van der Waals surface area contributed by atoms with Gasteiger partial charge in [-0.25, -0.2) is 0 Å². The van der Waals surface area contributed by atoms with Crippen LogP contribution in [0.1, 0.15) is 12.7 Å². The third-order valence-electron chi connectivity index (χ3n) is 2.15. The zero-order valence-corrected chi connectivity index (χ0v) is 8.99. The zero-order valence-electron chi connectivity index (χ0n) is 8.99. The Hall–Kier alpha value is -1.70. The molecule has 0 amide bonds. The van der Waals surface area contributed by atoms with Crippen molar-refractivity contribution in [2.45, 2.75) is 19.5 Å². The number of tetrazole rings is 1. The van der Waals surface area contributed by atoms with Gasteiger partial charge in [0.1, 0.15) is 0 Å². The van der Waals surface area contributed by atoms with E-state index in [0.29, 0.717) is 12.4 Å². The fourth-order valence-corrected chi connectivity index (χ4v) is 1.06. The average Bonchev–Trinajstić information content (AvgIpc) is 2.61. The van der Waals surface area contributed by atoms with Gasteiger partial charge in [-0.3, -0.25) is 4.90 Å². The third-order valence-corrected chi connectivity index (χ3v) is 2.15. The van der Waals surface area contributed by atoms with Gasteiger partial charge in [0.15, 0.2) is 11.7 Å². The number of likely N-dealkylation sites (N-methyl/N-ethyl adjacent to an activating group) is 1. The number of amidine groups is 1. The molecule has 15 heavy (non-hydrogen) atoms. The van der Waals surface area contributed by atoms with Crippen molar-refractivity contribution in [2.24, 2.45) is 17.9 Å². The molecule has 1 heterocycles. The Labute approximate surface area is 87.3 Å². The van der Waals surface area contributed by atoms with E-state index in [2.05, 4.69) is 20.6 Å². The Morgan fingerprint density at radius 1 is 1.73 bits per heavy atom. The van der Waals surface area contributed by atoms with Crippen molar-refractivity contribution in [3.05, 3.63) is 5.82 Å². The summed E-state index contributed by atoms with van der Waals surface area (Å²) in [4.78, 5) is 3.24. The lowest BCUT2D eigenvalue weighted by molar-refractivity contribution is 0.274. The Morgan fingerprint density at radius 3 is 2.87 bits per heavy atom. The molecule has 1 aromatic heterocycles. The number of aromatic nitrogens is 4. The van der Waals surface area contributed by atoms with E-state index in [9.17, 15) is 0 Å². The smallest absolute Gasteiger partial charge is 0.188 e. The highest BCUT2D eigenvalue weighted by atomic mass is 16.4. The van der Waals surface area contributed by atoms with Crippen molar-refractivity contribution in [1.29, 1.82) is 0 Å². The monoisotopic (exact) mass is 213 g/mol. The van der Waals surface area contributed by atoms with Crippen LogP contribution in [0.4, 0.5) is 0 Å². The molecule has 1 atom stereocenters. The summed E-state index contributed by atoms with van der Waals surface area (Å²) in [5.74, 6) is 0.749. The highest BCUT2D eigenvalue weighted by molar-refractivity contribution is 5.84. The van der Waals surface area contributed by atoms with Gasteiger partial charge in [-0.05, 0) is 19.2 Å². The van der Waals surface area contributed by atoms with Crippen LogP contribution in [0.3, 0.4) is 0 Å². The molecule has 0 bridgehead atoms. The Bertz CT molecular complexity index is 347. The summed E-state index contributed by atoms with van der Waals surface area (Å²) < 4.78 is 0. The number of nitrogens with two attached hydrogens (primary N) is 1. The number of aryl methyl sites for hydroxylation is 1. The van der Waals surface area contributed by atoms with Crippen LogP contribution in [0.15, 0.2) is 5.16 Å². The van der Waals surface area contributed by atoms with Crippen LogP contribution in [0.2, 0.25) is 0 Å². The maximum Gasteiger partial charge on any atom is 0.188 e. The molecular formula is C7H15N7O. The van der Waals surface area contributed by atoms with Gasteiger partial charge in [-0.15, -0.1) is 10.2 Å². The van der Waals surface area contributed by atoms with E-state index in [0.717, 1.165) is 0 Å². The van der Waals surface area contributed by atoms with Gasteiger partial charge in [0.05, 0.1) is 19.6 Å². The molecule has 1 unspecified atom stereocenters. The van der Waals surface area contributed by atoms with E-state index in [1.54, 1.807) is 7.05 Å². The summed E-state index contributed by atoms with van der Waals surface area (Å²) in [6.45, 7) is 2.32. The molecule has 1 aromatic rings. The van der Waals surface area contributed by atoms with Crippen molar-refractivity contribution in [2.75, 3.05) is 7.05 Å². The fraction of sp³-hybridized carbons (Fsp3) is 0.714. The molecule has 8 heteroatoms. The molecule has 1 rings (SSSR count). The highest BCUT2D eigenvalue weighted by Gasteiger charge is 2.15. The largest absolute Gasteiger partial charge is 0.409 e. The quantitative estimate of drug-likeness (QED) is 0.281. The summed E-state index contributed by atoms with van der Waals surface area (Å²) in [5.41, 5.74) is 5.47. The Morgan fingerprint density at radius 2 is 2.40 bits per heavy atom. The highest BCUT2D eigenvalue weighted by Crippen LogP contribution is 2.00. The summed E-state index contributed by atoms with van der Waals surface area (Å²) in [7, 11) is 3.53. The molecule has 8 nitrogen and oxygen atoms in total. The van der Waals surface area contributed by atoms with Crippen LogP contribution in [-0.4, -0.2) is 49.2 Å². The van der Waals surface area contributed by atoms with Crippen molar-refractivity contribution in [3.8, 4) is 0 Å². The van der Waals surface area contributed by atoms with E-state index in [-0.39, 0.29) is 11.9 Å². The lowest BCUT2D eigenvalue weighted by Gasteiger charge is -2.21. The first kappa shape index (κ1) is 11.4. The molecular weight excluding hydrogens is 198 g/mol. The normalized spacial score (nSPS) is 14.5. The molecule has 0 spiro atoms. The van der Waals surface area contributed by atoms with Crippen LogP contribution in [-0.2, 0) is 13.6 Å². The van der Waals surface area contributed by atoms with Crippen molar-refractivity contribution < 1.29 is 5.21 Å². The van der Waals surface area contributed by atoms with E-state index < -0.39 is 0 Å². The number of hydrogen-bond donors (Lipinski definition) is 2. The zero-order chi connectivity index (χ0) is 11.4. The van der Waals surface area contributed by atoms with Crippen molar-refractivity contribution in [3.63, 3.8) is 0 Å². The number of oxime groups is 1. The van der Waals surface area contributed by atoms with Gasteiger partial charge in [-0.1, -0.05) is 5.16 Å². The van der Waals surface area contributed by atoms with Crippen LogP contribution < -0.4 is 5.73 Å². The van der Waals surface area contributed by atoms with Crippen LogP contribution >= 0.6 is 0 Å². The number of hydrogen-bond acceptors (Lipinski definition) is 6. The minimum absolute atomic E-state index is 0.154. The van der Waals surface area contributed by atoms with Gasteiger partial charge in [-0.2, -0.15) is 4.80 Å². The molecule has 0 fully saturated rings. The summed E-state index contributed by atoms with van der Waals surface area (Å²) in [6, 6.07) is -0.182. The predicted octanol–water partition coefficient (Wildman–Crippen LogP) is -1.22. The second-order valence-electron chi connectivity index (χ2n) is 3.31. The molecule has 3 N–H and O–H groups in total. The van der Waals surface area contributed by atoms with E-state index in [1.807, 2.05) is 18.9 Å². The van der Waals surface area contributed by atoms with Gasteiger partial charge in [0.2, 0.25) is 0 Å². The minimum atomic E-state index is -0.182. The van der Waals surface area contributed by atoms with Gasteiger partial charge in [0, 0.05) is 0 Å². The van der Waals surface area contributed by atoms with Crippen LogP contribution in [0.25, 0.3) is 0 Å². The second-order valence-corrected chi connectivity index (χ2v) is 3.31. The summed E-state index contributed by atoms with van der Waals surface area (Å²) in [5, 5.41) is 23.0. The first-order valence-corrected chi connectivity index (χ1v) is 4.45. The molecule has 0 aliphatic heterocycles. The number of nitrogens with zero attached hydrogens (tertiary/aromatic N) is 6. The van der Waals surface area contributed by atoms with Crippen LogP contribution in [0, 0.1) is 0 Å². The predicted molar refractivity (Wildman–Crippen MR) is 53.1 cm³/mol. The van der Waals surface area contributed by atoms with Gasteiger partial charge >= 0.3 is 0 Å².